The van der Waals surface area contributed by atoms with Crippen molar-refractivity contribution in [1.29, 1.82) is 0 Å². The van der Waals surface area contributed by atoms with Crippen LogP contribution in [0.1, 0.15) is 30.1 Å². The molecule has 0 aliphatic carbocycles. The van der Waals surface area contributed by atoms with Gasteiger partial charge in [0.2, 0.25) is 11.8 Å². The molecule has 0 fully saturated rings. The number of hydrogen-bond acceptors (Lipinski definition) is 6. The zero-order chi connectivity index (χ0) is 15.4. The molecule has 2 aromatic heterocycles. The molecule has 0 spiro atoms. The largest absolute Gasteiger partial charge is 0.424 e. The summed E-state index contributed by atoms with van der Waals surface area (Å²) in [5.74, 6) is 2.78. The molecule has 0 aliphatic rings. The van der Waals surface area contributed by atoms with Crippen LogP contribution in [0.25, 0.3) is 0 Å². The third-order valence-corrected chi connectivity index (χ3v) is 4.17. The second-order valence-electron chi connectivity index (χ2n) is 4.83. The molecule has 0 unspecified atom stereocenters. The highest BCUT2D eigenvalue weighted by Gasteiger charge is 2.12. The second-order valence-corrected chi connectivity index (χ2v) is 5.78. The fourth-order valence-electron chi connectivity index (χ4n) is 2.03. The van der Waals surface area contributed by atoms with Crippen LogP contribution in [-0.4, -0.2) is 25.0 Å². The van der Waals surface area contributed by atoms with Gasteiger partial charge in [-0.2, -0.15) is 0 Å². The van der Waals surface area contributed by atoms with Gasteiger partial charge in [0.1, 0.15) is 5.82 Å². The van der Waals surface area contributed by atoms with Gasteiger partial charge in [-0.3, -0.25) is 0 Å². The van der Waals surface area contributed by atoms with Crippen molar-refractivity contribution in [2.45, 2.75) is 37.7 Å². The molecule has 0 saturated heterocycles. The number of aromatic nitrogens is 5. The van der Waals surface area contributed by atoms with Crippen LogP contribution in [0, 0.1) is 6.92 Å². The van der Waals surface area contributed by atoms with E-state index in [1.807, 2.05) is 32.0 Å². The summed E-state index contributed by atoms with van der Waals surface area (Å²) in [7, 11) is 0. The van der Waals surface area contributed by atoms with E-state index in [1.165, 1.54) is 5.56 Å². The second kappa shape index (κ2) is 6.74. The molecule has 3 rings (SSSR count). The van der Waals surface area contributed by atoms with Crippen molar-refractivity contribution in [1.82, 2.24) is 25.0 Å². The van der Waals surface area contributed by atoms with E-state index in [0.29, 0.717) is 17.5 Å². The molecule has 0 aliphatic heterocycles. The minimum absolute atomic E-state index is 0.597. The van der Waals surface area contributed by atoms with Gasteiger partial charge in [0.25, 0.3) is 0 Å². The molecule has 0 N–H and O–H groups in total. The molecule has 7 heteroatoms. The van der Waals surface area contributed by atoms with Crippen LogP contribution < -0.4 is 0 Å². The Morgan fingerprint density at radius 2 is 1.82 bits per heavy atom. The Kier molecular flexibility index (Phi) is 4.53. The lowest BCUT2D eigenvalue weighted by Crippen LogP contribution is -2.03. The average Bonchev–Trinajstić information content (AvgIpc) is 3.14. The predicted octanol–water partition coefficient (Wildman–Crippen LogP) is 2.87. The van der Waals surface area contributed by atoms with E-state index in [2.05, 4.69) is 37.1 Å². The summed E-state index contributed by atoms with van der Waals surface area (Å²) in [6.45, 7) is 4.71. The maximum atomic E-state index is 5.52. The number of benzene rings is 1. The van der Waals surface area contributed by atoms with E-state index in [0.717, 1.165) is 23.9 Å². The van der Waals surface area contributed by atoms with Crippen LogP contribution in [0.3, 0.4) is 0 Å². The first-order chi connectivity index (χ1) is 10.8. The average molecular weight is 315 g/mol. The fraction of sp³-hybridized carbons (Fsp3) is 0.333. The third kappa shape index (κ3) is 3.36. The van der Waals surface area contributed by atoms with Crippen LogP contribution in [-0.2, 0) is 18.7 Å². The monoisotopic (exact) mass is 315 g/mol. The van der Waals surface area contributed by atoms with Crippen molar-refractivity contribution < 1.29 is 4.42 Å². The first-order valence-electron chi connectivity index (χ1n) is 7.14. The summed E-state index contributed by atoms with van der Waals surface area (Å²) >= 11 is 1.56. The van der Waals surface area contributed by atoms with Crippen molar-refractivity contribution in [3.8, 4) is 0 Å². The molecule has 114 valence electrons. The Morgan fingerprint density at radius 1 is 1.05 bits per heavy atom. The van der Waals surface area contributed by atoms with Crippen molar-refractivity contribution in [3.63, 3.8) is 0 Å². The van der Waals surface area contributed by atoms with Crippen molar-refractivity contribution in [2.75, 3.05) is 0 Å². The maximum absolute atomic E-state index is 5.52. The van der Waals surface area contributed by atoms with E-state index in [1.54, 1.807) is 11.8 Å². The van der Waals surface area contributed by atoms with Gasteiger partial charge in [-0.1, -0.05) is 49.0 Å². The molecular formula is C15H17N5OS. The lowest BCUT2D eigenvalue weighted by Gasteiger charge is -2.07. The van der Waals surface area contributed by atoms with Crippen LogP contribution in [0.2, 0.25) is 0 Å². The lowest BCUT2D eigenvalue weighted by molar-refractivity contribution is 0.469. The van der Waals surface area contributed by atoms with E-state index in [-0.39, 0.29) is 0 Å². The Hall–Kier alpha value is -2.15. The SMILES string of the molecule is CCc1nnc(CSc2nnc(C)n2Cc2ccccc2)o1. The van der Waals surface area contributed by atoms with Gasteiger partial charge in [0.05, 0.1) is 12.3 Å². The summed E-state index contributed by atoms with van der Waals surface area (Å²) in [4.78, 5) is 0. The number of aryl methyl sites for hydroxylation is 2. The third-order valence-electron chi connectivity index (χ3n) is 3.22. The Morgan fingerprint density at radius 3 is 2.55 bits per heavy atom. The molecule has 2 heterocycles. The molecule has 0 bridgehead atoms. The number of hydrogen-bond donors (Lipinski definition) is 0. The highest BCUT2D eigenvalue weighted by atomic mass is 32.2. The van der Waals surface area contributed by atoms with Crippen molar-refractivity contribution >= 4 is 11.8 Å². The lowest BCUT2D eigenvalue weighted by atomic mass is 10.2. The van der Waals surface area contributed by atoms with Gasteiger partial charge in [-0.25, -0.2) is 0 Å². The molecule has 0 saturated carbocycles. The van der Waals surface area contributed by atoms with Crippen molar-refractivity contribution in [3.05, 3.63) is 53.5 Å². The molecule has 0 amide bonds. The zero-order valence-electron chi connectivity index (χ0n) is 12.6. The maximum Gasteiger partial charge on any atom is 0.226 e. The van der Waals surface area contributed by atoms with Crippen LogP contribution in [0.4, 0.5) is 0 Å². The van der Waals surface area contributed by atoms with E-state index in [9.17, 15) is 0 Å². The standard InChI is InChI=1S/C15H17N5OS/c1-3-13-17-18-14(21-13)10-22-15-19-16-11(2)20(15)9-12-7-5-4-6-8-12/h4-8H,3,9-10H2,1-2H3. The molecular weight excluding hydrogens is 298 g/mol. The van der Waals surface area contributed by atoms with Crippen LogP contribution in [0.15, 0.2) is 39.9 Å². The van der Waals surface area contributed by atoms with Crippen molar-refractivity contribution in [2.24, 2.45) is 0 Å². The summed E-state index contributed by atoms with van der Waals surface area (Å²) in [5.41, 5.74) is 1.22. The Labute approximate surface area is 133 Å². The van der Waals surface area contributed by atoms with Gasteiger partial charge < -0.3 is 8.98 Å². The normalized spacial score (nSPS) is 11.0. The summed E-state index contributed by atoms with van der Waals surface area (Å²) < 4.78 is 7.61. The zero-order valence-corrected chi connectivity index (χ0v) is 13.4. The number of nitrogens with zero attached hydrogens (tertiary/aromatic N) is 5. The highest BCUT2D eigenvalue weighted by molar-refractivity contribution is 7.98. The van der Waals surface area contributed by atoms with E-state index >= 15 is 0 Å². The topological polar surface area (TPSA) is 69.6 Å². The van der Waals surface area contributed by atoms with Gasteiger partial charge >= 0.3 is 0 Å². The van der Waals surface area contributed by atoms with Gasteiger partial charge in [-0.15, -0.1) is 20.4 Å². The Balaban J connectivity index is 1.71. The first kappa shape index (κ1) is 14.8. The minimum Gasteiger partial charge on any atom is -0.424 e. The first-order valence-corrected chi connectivity index (χ1v) is 8.12. The van der Waals surface area contributed by atoms with E-state index < -0.39 is 0 Å². The van der Waals surface area contributed by atoms with E-state index in [4.69, 9.17) is 4.42 Å². The quantitative estimate of drug-likeness (QED) is 0.651. The molecule has 0 atom stereocenters. The number of rotatable bonds is 6. The van der Waals surface area contributed by atoms with Crippen LogP contribution in [0.5, 0.6) is 0 Å². The molecule has 0 radical (unpaired) electrons. The fourth-order valence-corrected chi connectivity index (χ4v) is 2.85. The molecule has 6 nitrogen and oxygen atoms in total. The van der Waals surface area contributed by atoms with Gasteiger partial charge in [0, 0.05) is 6.42 Å². The van der Waals surface area contributed by atoms with Crippen LogP contribution >= 0.6 is 11.8 Å². The van der Waals surface area contributed by atoms with Gasteiger partial charge in [-0.05, 0) is 12.5 Å². The minimum atomic E-state index is 0.597. The Bertz CT molecular complexity index is 737. The summed E-state index contributed by atoms with van der Waals surface area (Å²) in [6.07, 6.45) is 0.751. The highest BCUT2D eigenvalue weighted by Crippen LogP contribution is 2.22. The molecule has 22 heavy (non-hydrogen) atoms. The number of thioether (sulfide) groups is 1. The molecule has 3 aromatic rings. The summed E-state index contributed by atoms with van der Waals surface area (Å²) in [5, 5.41) is 17.3. The molecule has 1 aromatic carbocycles. The summed E-state index contributed by atoms with van der Waals surface area (Å²) in [6, 6.07) is 10.3. The van der Waals surface area contributed by atoms with Gasteiger partial charge in [0.15, 0.2) is 5.16 Å². The smallest absolute Gasteiger partial charge is 0.226 e. The predicted molar refractivity (Wildman–Crippen MR) is 83.5 cm³/mol.